The van der Waals surface area contributed by atoms with Gasteiger partial charge in [0, 0.05) is 25.3 Å². The van der Waals surface area contributed by atoms with E-state index < -0.39 is 23.5 Å². The summed E-state index contributed by atoms with van der Waals surface area (Å²) in [6.07, 6.45) is -1.56. The molecule has 1 saturated heterocycles. The largest absolute Gasteiger partial charge is 0.416 e. The molecule has 0 aliphatic carbocycles. The van der Waals surface area contributed by atoms with Crippen molar-refractivity contribution in [3.63, 3.8) is 0 Å². The number of imidazole rings is 1. The van der Waals surface area contributed by atoms with E-state index in [0.29, 0.717) is 37.6 Å². The molecule has 10 heteroatoms. The molecule has 1 aliphatic rings. The molecule has 1 aromatic heterocycles. The van der Waals surface area contributed by atoms with Crippen LogP contribution in [0.1, 0.15) is 27.7 Å². The Labute approximate surface area is 187 Å². The summed E-state index contributed by atoms with van der Waals surface area (Å²) in [6, 6.07) is 10.3. The number of aromatic nitrogens is 2. The minimum atomic E-state index is -4.42. The van der Waals surface area contributed by atoms with Crippen molar-refractivity contribution in [2.45, 2.75) is 12.2 Å². The summed E-state index contributed by atoms with van der Waals surface area (Å²) in [5.41, 5.74) is 0.776. The number of hydrogen-bond donors (Lipinski definition) is 1. The van der Waals surface area contributed by atoms with Crippen molar-refractivity contribution in [2.24, 2.45) is 0 Å². The van der Waals surface area contributed by atoms with Crippen molar-refractivity contribution in [1.29, 1.82) is 0 Å². The topological polar surface area (TPSA) is 59.4 Å². The zero-order chi connectivity index (χ0) is 23.4. The number of halogens is 4. The molecule has 1 unspecified atom stereocenters. The fourth-order valence-electron chi connectivity index (χ4n) is 3.79. The molecule has 2 heterocycles. The third-order valence-electron chi connectivity index (χ3n) is 5.54. The molecule has 1 N–H and O–H groups in total. The summed E-state index contributed by atoms with van der Waals surface area (Å²) in [5, 5.41) is 2.87. The predicted octanol–water partition coefficient (Wildman–Crippen LogP) is 3.83. The van der Waals surface area contributed by atoms with E-state index in [1.165, 1.54) is 53.5 Å². The first kappa shape index (κ1) is 22.9. The first-order valence-electron chi connectivity index (χ1n) is 10.4. The fourth-order valence-corrected chi connectivity index (χ4v) is 3.79. The number of ether oxygens (including phenoxy) is 1. The van der Waals surface area contributed by atoms with Crippen LogP contribution in [0.5, 0.6) is 0 Å². The molecular weight excluding hydrogens is 440 g/mol. The maximum atomic E-state index is 13.2. The van der Waals surface area contributed by atoms with Crippen LogP contribution in [0.4, 0.5) is 17.6 Å². The number of hydrogen-bond acceptors (Lipinski definition) is 4. The normalized spacial score (nSPS) is 15.9. The van der Waals surface area contributed by atoms with Gasteiger partial charge in [0.05, 0.1) is 37.3 Å². The zero-order valence-electron chi connectivity index (χ0n) is 17.6. The number of amides is 1. The lowest BCUT2D eigenvalue weighted by molar-refractivity contribution is -0.137. The zero-order valence-corrected chi connectivity index (χ0v) is 17.6. The van der Waals surface area contributed by atoms with Crippen LogP contribution in [0.15, 0.2) is 61.1 Å². The predicted molar refractivity (Wildman–Crippen MR) is 112 cm³/mol. The van der Waals surface area contributed by atoms with Crippen molar-refractivity contribution < 1.29 is 27.1 Å². The van der Waals surface area contributed by atoms with Crippen LogP contribution in [-0.2, 0) is 10.9 Å². The van der Waals surface area contributed by atoms with Gasteiger partial charge in [0.1, 0.15) is 11.5 Å². The molecule has 33 heavy (non-hydrogen) atoms. The van der Waals surface area contributed by atoms with Gasteiger partial charge in [0.2, 0.25) is 0 Å². The molecule has 4 rings (SSSR count). The highest BCUT2D eigenvalue weighted by Gasteiger charge is 2.31. The monoisotopic (exact) mass is 462 g/mol. The van der Waals surface area contributed by atoms with Gasteiger partial charge in [0.25, 0.3) is 5.91 Å². The lowest BCUT2D eigenvalue weighted by Gasteiger charge is -2.35. The number of carbonyl (C=O) groups excluding carboxylic acids is 1. The molecule has 1 amide bonds. The molecule has 0 bridgehead atoms. The highest BCUT2D eigenvalue weighted by atomic mass is 19.4. The Morgan fingerprint density at radius 3 is 2.36 bits per heavy atom. The van der Waals surface area contributed by atoms with Crippen molar-refractivity contribution >= 4 is 5.91 Å². The molecule has 1 atom stereocenters. The molecule has 0 radical (unpaired) electrons. The number of benzene rings is 2. The Hall–Kier alpha value is -3.24. The number of carbonyl (C=O) groups is 1. The molecular formula is C23H22F4N4O2. The molecule has 1 aliphatic heterocycles. The van der Waals surface area contributed by atoms with Crippen molar-refractivity contribution in [2.75, 3.05) is 32.8 Å². The summed E-state index contributed by atoms with van der Waals surface area (Å²) in [7, 11) is 0. The van der Waals surface area contributed by atoms with Gasteiger partial charge in [-0.05, 0) is 42.0 Å². The van der Waals surface area contributed by atoms with Crippen LogP contribution >= 0.6 is 0 Å². The second-order valence-corrected chi connectivity index (χ2v) is 7.62. The molecule has 6 nitrogen and oxygen atoms in total. The molecule has 174 valence electrons. The highest BCUT2D eigenvalue weighted by molar-refractivity contribution is 5.93. The molecule has 2 aromatic carbocycles. The first-order valence-corrected chi connectivity index (χ1v) is 10.4. The third-order valence-corrected chi connectivity index (χ3v) is 5.54. The van der Waals surface area contributed by atoms with Crippen LogP contribution < -0.4 is 5.32 Å². The minimum absolute atomic E-state index is 0.179. The van der Waals surface area contributed by atoms with Gasteiger partial charge >= 0.3 is 6.18 Å². The number of alkyl halides is 3. The van der Waals surface area contributed by atoms with E-state index in [1.807, 2.05) is 0 Å². The average molecular weight is 462 g/mol. The number of rotatable bonds is 6. The van der Waals surface area contributed by atoms with Gasteiger partial charge in [-0.15, -0.1) is 0 Å². The number of nitrogens with one attached hydrogen (secondary N) is 1. The Bertz CT molecular complexity index is 1080. The van der Waals surface area contributed by atoms with Crippen LogP contribution in [0.3, 0.4) is 0 Å². The lowest BCUT2D eigenvalue weighted by Crippen LogP contribution is -2.44. The highest BCUT2D eigenvalue weighted by Crippen LogP contribution is 2.31. The van der Waals surface area contributed by atoms with Gasteiger partial charge < -0.3 is 10.1 Å². The molecule has 3 aromatic rings. The second-order valence-electron chi connectivity index (χ2n) is 7.62. The Balaban J connectivity index is 1.52. The van der Waals surface area contributed by atoms with Crippen molar-refractivity contribution in [1.82, 2.24) is 19.8 Å². The standard InChI is InChI=1S/C23H22F4N4O2/c24-18-5-7-19(8-6-18)31-15-28-13-21(31)22(32)29-14-20(30-9-11-33-12-10-30)16-1-3-17(4-2-16)23(25,26)27/h1-8,13,15,20H,9-12,14H2,(H,29,32). The quantitative estimate of drug-likeness (QED) is 0.566. The van der Waals surface area contributed by atoms with E-state index in [1.54, 1.807) is 0 Å². The van der Waals surface area contributed by atoms with E-state index in [-0.39, 0.29) is 18.3 Å². The fraction of sp³-hybridized carbons (Fsp3) is 0.304. The van der Waals surface area contributed by atoms with E-state index in [0.717, 1.165) is 12.1 Å². The van der Waals surface area contributed by atoms with Gasteiger partial charge in [0.15, 0.2) is 0 Å². The second kappa shape index (κ2) is 9.72. The van der Waals surface area contributed by atoms with Gasteiger partial charge in [-0.3, -0.25) is 14.3 Å². The molecule has 0 spiro atoms. The van der Waals surface area contributed by atoms with Crippen molar-refractivity contribution in [3.8, 4) is 5.69 Å². The van der Waals surface area contributed by atoms with Crippen LogP contribution in [0.25, 0.3) is 5.69 Å². The minimum Gasteiger partial charge on any atom is -0.379 e. The first-order chi connectivity index (χ1) is 15.8. The summed E-state index contributed by atoms with van der Waals surface area (Å²) in [5.74, 6) is -0.795. The van der Waals surface area contributed by atoms with Gasteiger partial charge in [-0.25, -0.2) is 9.37 Å². The summed E-state index contributed by atoms with van der Waals surface area (Å²) in [6.45, 7) is 2.37. The van der Waals surface area contributed by atoms with Crippen LogP contribution in [0.2, 0.25) is 0 Å². The van der Waals surface area contributed by atoms with Crippen molar-refractivity contribution in [3.05, 3.63) is 83.7 Å². The van der Waals surface area contributed by atoms with E-state index in [2.05, 4.69) is 15.2 Å². The van der Waals surface area contributed by atoms with E-state index >= 15 is 0 Å². The van der Waals surface area contributed by atoms with Crippen LogP contribution in [-0.4, -0.2) is 53.2 Å². The Morgan fingerprint density at radius 1 is 1.06 bits per heavy atom. The number of morpholine rings is 1. The van der Waals surface area contributed by atoms with Crippen LogP contribution in [0, 0.1) is 5.82 Å². The third kappa shape index (κ3) is 5.40. The molecule has 1 fully saturated rings. The van der Waals surface area contributed by atoms with Gasteiger partial charge in [-0.1, -0.05) is 12.1 Å². The summed E-state index contributed by atoms with van der Waals surface area (Å²) < 4.78 is 59.1. The Morgan fingerprint density at radius 2 is 1.73 bits per heavy atom. The molecule has 0 saturated carbocycles. The maximum Gasteiger partial charge on any atom is 0.416 e. The number of nitrogens with zero attached hydrogens (tertiary/aromatic N) is 3. The summed E-state index contributed by atoms with van der Waals surface area (Å²) in [4.78, 5) is 19.0. The van der Waals surface area contributed by atoms with E-state index in [4.69, 9.17) is 4.74 Å². The average Bonchev–Trinajstić information content (AvgIpc) is 3.30. The summed E-state index contributed by atoms with van der Waals surface area (Å²) >= 11 is 0. The SMILES string of the molecule is O=C(NCC(c1ccc(C(F)(F)F)cc1)N1CCOCC1)c1cncn1-c1ccc(F)cc1. The Kier molecular flexibility index (Phi) is 6.75. The smallest absolute Gasteiger partial charge is 0.379 e. The van der Waals surface area contributed by atoms with Gasteiger partial charge in [-0.2, -0.15) is 13.2 Å². The van der Waals surface area contributed by atoms with E-state index in [9.17, 15) is 22.4 Å². The maximum absolute atomic E-state index is 13.2. The lowest BCUT2D eigenvalue weighted by atomic mass is 10.0.